The summed E-state index contributed by atoms with van der Waals surface area (Å²) in [4.78, 5) is 25.1. The number of carbonyl (C=O) groups is 2. The first-order valence-electron chi connectivity index (χ1n) is 6.13. The van der Waals surface area contributed by atoms with Crippen molar-refractivity contribution in [3.05, 3.63) is 47.4 Å². The maximum atomic E-state index is 12.4. The average Bonchev–Trinajstić information content (AvgIpc) is 2.96. The minimum atomic E-state index is -1.87. The lowest BCUT2D eigenvalue weighted by Crippen LogP contribution is -2.36. The number of fused-ring (bicyclic) bond motifs is 1. The highest BCUT2D eigenvalue weighted by Crippen LogP contribution is 2.44. The number of thiophene rings is 1. The third-order valence-corrected chi connectivity index (χ3v) is 6.13. The Hall–Kier alpha value is -0.540. The molecule has 0 bridgehead atoms. The van der Waals surface area contributed by atoms with Gasteiger partial charge in [0.25, 0.3) is 5.91 Å². The van der Waals surface area contributed by atoms with Crippen LogP contribution in [-0.2, 0) is 10.4 Å². The Bertz CT molecular complexity index is 805. The number of anilines is 1. The number of nitrogens with one attached hydrogen (secondary N) is 1. The van der Waals surface area contributed by atoms with Gasteiger partial charge in [-0.15, -0.1) is 11.3 Å². The first kappa shape index (κ1) is 16.3. The summed E-state index contributed by atoms with van der Waals surface area (Å²) in [5.74, 6) is -0.873. The van der Waals surface area contributed by atoms with E-state index in [0.29, 0.717) is 25.1 Å². The van der Waals surface area contributed by atoms with Gasteiger partial charge in [-0.3, -0.25) is 9.59 Å². The number of aliphatic hydroxyl groups is 1. The van der Waals surface area contributed by atoms with E-state index in [0.717, 1.165) is 3.79 Å². The van der Waals surface area contributed by atoms with Crippen LogP contribution in [0.2, 0.25) is 0 Å². The van der Waals surface area contributed by atoms with Gasteiger partial charge in [0.15, 0.2) is 11.4 Å². The molecule has 0 spiro atoms. The van der Waals surface area contributed by atoms with Crippen LogP contribution in [0.1, 0.15) is 21.7 Å². The van der Waals surface area contributed by atoms with E-state index in [9.17, 15) is 14.7 Å². The first-order valence-corrected chi connectivity index (χ1v) is 9.33. The number of benzene rings is 1. The summed E-state index contributed by atoms with van der Waals surface area (Å²) in [6.45, 7) is 0. The van der Waals surface area contributed by atoms with E-state index in [4.69, 9.17) is 0 Å². The first-order chi connectivity index (χ1) is 10.3. The molecule has 8 heteroatoms. The van der Waals surface area contributed by atoms with E-state index in [1.165, 1.54) is 11.3 Å². The Morgan fingerprint density at radius 3 is 2.64 bits per heavy atom. The summed E-state index contributed by atoms with van der Waals surface area (Å²) in [5, 5.41) is 13.4. The predicted octanol–water partition coefficient (Wildman–Crippen LogP) is 4.45. The third kappa shape index (κ3) is 2.71. The van der Waals surface area contributed by atoms with E-state index in [2.05, 4.69) is 53.1 Å². The molecular formula is C14H8Br3NO3S. The zero-order valence-corrected chi connectivity index (χ0v) is 16.4. The van der Waals surface area contributed by atoms with Crippen molar-refractivity contribution >= 4 is 76.5 Å². The molecule has 1 unspecified atom stereocenters. The summed E-state index contributed by atoms with van der Waals surface area (Å²) in [5.41, 5.74) is -0.978. The molecule has 1 aliphatic rings. The van der Waals surface area contributed by atoms with Crippen LogP contribution in [0.15, 0.2) is 37.0 Å². The van der Waals surface area contributed by atoms with Crippen molar-refractivity contribution in [3.63, 3.8) is 0 Å². The average molecular weight is 510 g/mol. The molecule has 1 aliphatic heterocycles. The summed E-state index contributed by atoms with van der Waals surface area (Å²) < 4.78 is 2.18. The number of rotatable bonds is 3. The molecule has 0 fully saturated rings. The standard InChI is InChI=1S/C14H8Br3NO3S/c15-6-3-7-12(8(16)4-6)18-13(20)14(7,21)5-9(19)10-1-2-11(17)22-10/h1-4,21H,5H2,(H,18,20). The predicted molar refractivity (Wildman–Crippen MR) is 95.3 cm³/mol. The van der Waals surface area contributed by atoms with Gasteiger partial charge in [0.05, 0.1) is 20.8 Å². The van der Waals surface area contributed by atoms with Crippen molar-refractivity contribution < 1.29 is 14.7 Å². The van der Waals surface area contributed by atoms with Crippen molar-refractivity contribution in [1.29, 1.82) is 0 Å². The molecule has 1 aromatic carbocycles. The summed E-state index contributed by atoms with van der Waals surface area (Å²) in [6, 6.07) is 6.85. The van der Waals surface area contributed by atoms with E-state index >= 15 is 0 Å². The second-order valence-electron chi connectivity index (χ2n) is 4.83. The minimum absolute atomic E-state index is 0.280. The van der Waals surface area contributed by atoms with Gasteiger partial charge in [-0.1, -0.05) is 15.9 Å². The maximum Gasteiger partial charge on any atom is 0.261 e. The summed E-state index contributed by atoms with van der Waals surface area (Å²) >= 11 is 11.2. The van der Waals surface area contributed by atoms with Crippen LogP contribution < -0.4 is 5.32 Å². The third-order valence-electron chi connectivity index (χ3n) is 3.38. The van der Waals surface area contributed by atoms with Gasteiger partial charge in [-0.2, -0.15) is 0 Å². The molecule has 0 saturated carbocycles. The molecule has 1 aromatic heterocycles. The number of halogens is 3. The van der Waals surface area contributed by atoms with Gasteiger partial charge in [0.2, 0.25) is 0 Å². The SMILES string of the molecule is O=C(CC1(O)C(=O)Nc2c(Br)cc(Br)cc21)c1ccc(Br)s1. The zero-order chi connectivity index (χ0) is 16.1. The van der Waals surface area contributed by atoms with E-state index in [-0.39, 0.29) is 12.2 Å². The summed E-state index contributed by atoms with van der Waals surface area (Å²) in [7, 11) is 0. The molecule has 2 N–H and O–H groups in total. The van der Waals surface area contributed by atoms with Crippen LogP contribution in [0.5, 0.6) is 0 Å². The van der Waals surface area contributed by atoms with Crippen molar-refractivity contribution in [2.45, 2.75) is 12.0 Å². The number of carbonyl (C=O) groups excluding carboxylic acids is 2. The molecule has 114 valence electrons. The van der Waals surface area contributed by atoms with Gasteiger partial charge >= 0.3 is 0 Å². The Morgan fingerprint density at radius 2 is 2.00 bits per heavy atom. The number of hydrogen-bond donors (Lipinski definition) is 2. The molecule has 0 radical (unpaired) electrons. The second-order valence-corrected chi connectivity index (χ2v) is 9.06. The quantitative estimate of drug-likeness (QED) is 0.601. The molecule has 22 heavy (non-hydrogen) atoms. The van der Waals surface area contributed by atoms with Gasteiger partial charge < -0.3 is 10.4 Å². The second kappa shape index (κ2) is 5.83. The lowest BCUT2D eigenvalue weighted by Gasteiger charge is -2.20. The fourth-order valence-corrected chi connectivity index (χ4v) is 4.97. The highest BCUT2D eigenvalue weighted by molar-refractivity contribution is 9.11. The van der Waals surface area contributed by atoms with Crippen LogP contribution in [-0.4, -0.2) is 16.8 Å². The zero-order valence-electron chi connectivity index (χ0n) is 10.8. The lowest BCUT2D eigenvalue weighted by atomic mass is 9.89. The van der Waals surface area contributed by atoms with Crippen molar-refractivity contribution in [1.82, 2.24) is 0 Å². The smallest absolute Gasteiger partial charge is 0.261 e. The molecule has 3 rings (SSSR count). The molecule has 0 saturated heterocycles. The summed E-state index contributed by atoms with van der Waals surface area (Å²) in [6.07, 6.45) is -0.304. The maximum absolute atomic E-state index is 12.4. The Kier molecular flexibility index (Phi) is 4.32. The molecule has 0 aliphatic carbocycles. The fourth-order valence-electron chi connectivity index (χ4n) is 2.33. The van der Waals surface area contributed by atoms with Crippen LogP contribution in [0.25, 0.3) is 0 Å². The van der Waals surface area contributed by atoms with E-state index < -0.39 is 11.5 Å². The van der Waals surface area contributed by atoms with Gasteiger partial charge in [0.1, 0.15) is 0 Å². The normalized spacial score (nSPS) is 19.9. The molecule has 4 nitrogen and oxygen atoms in total. The number of amides is 1. The number of Topliss-reactive ketones (excluding diaryl/α,β-unsaturated/α-hetero) is 1. The molecule has 2 heterocycles. The van der Waals surface area contributed by atoms with E-state index in [1.54, 1.807) is 24.3 Å². The Labute approximate surface area is 155 Å². The number of hydrogen-bond acceptors (Lipinski definition) is 4. The minimum Gasteiger partial charge on any atom is -0.375 e. The topological polar surface area (TPSA) is 66.4 Å². The molecule has 1 atom stereocenters. The monoisotopic (exact) mass is 507 g/mol. The Morgan fingerprint density at radius 1 is 1.27 bits per heavy atom. The Balaban J connectivity index is 2.00. The van der Waals surface area contributed by atoms with Gasteiger partial charge in [0, 0.05) is 14.5 Å². The van der Waals surface area contributed by atoms with Gasteiger partial charge in [-0.05, 0) is 56.1 Å². The fraction of sp³-hybridized carbons (Fsp3) is 0.143. The van der Waals surface area contributed by atoms with Crippen LogP contribution in [0.4, 0.5) is 5.69 Å². The molecule has 2 aromatic rings. The number of ketones is 1. The molecule has 1 amide bonds. The van der Waals surface area contributed by atoms with Crippen LogP contribution >= 0.6 is 59.1 Å². The van der Waals surface area contributed by atoms with Crippen LogP contribution in [0.3, 0.4) is 0 Å². The highest BCUT2D eigenvalue weighted by Gasteiger charge is 2.47. The van der Waals surface area contributed by atoms with E-state index in [1.807, 2.05) is 0 Å². The van der Waals surface area contributed by atoms with Crippen LogP contribution in [0, 0.1) is 0 Å². The van der Waals surface area contributed by atoms with Crippen molar-refractivity contribution in [2.24, 2.45) is 0 Å². The van der Waals surface area contributed by atoms with Crippen molar-refractivity contribution in [3.8, 4) is 0 Å². The van der Waals surface area contributed by atoms with Gasteiger partial charge in [-0.25, -0.2) is 0 Å². The highest BCUT2D eigenvalue weighted by atomic mass is 79.9. The lowest BCUT2D eigenvalue weighted by molar-refractivity contribution is -0.133. The largest absolute Gasteiger partial charge is 0.375 e. The van der Waals surface area contributed by atoms with Crippen molar-refractivity contribution in [2.75, 3.05) is 5.32 Å². The molecular weight excluding hydrogens is 502 g/mol.